The van der Waals surface area contributed by atoms with E-state index in [1.54, 1.807) is 0 Å². The molecular formula is C21H25N3O2. The normalized spacial score (nSPS) is 10.8. The lowest BCUT2D eigenvalue weighted by molar-refractivity contribution is -0.123. The van der Waals surface area contributed by atoms with Crippen LogP contribution in [0.5, 0.6) is 5.75 Å². The average Bonchev–Trinajstić information content (AvgIpc) is 2.99. The van der Waals surface area contributed by atoms with Gasteiger partial charge in [0.25, 0.3) is 5.91 Å². The van der Waals surface area contributed by atoms with Gasteiger partial charge in [-0.2, -0.15) is 0 Å². The SMILES string of the molecule is CCCn1c(CCNC(=O)COc2ccc(C)cc2)nc2ccccc21. The Hall–Kier alpha value is -2.82. The van der Waals surface area contributed by atoms with E-state index in [2.05, 4.69) is 22.9 Å². The van der Waals surface area contributed by atoms with Gasteiger partial charge in [0.2, 0.25) is 0 Å². The van der Waals surface area contributed by atoms with Crippen LogP contribution < -0.4 is 10.1 Å². The smallest absolute Gasteiger partial charge is 0.257 e. The highest BCUT2D eigenvalue weighted by Crippen LogP contribution is 2.17. The maximum Gasteiger partial charge on any atom is 0.257 e. The molecule has 0 atom stereocenters. The van der Waals surface area contributed by atoms with E-state index in [4.69, 9.17) is 9.72 Å². The molecule has 0 aliphatic carbocycles. The predicted molar refractivity (Wildman–Crippen MR) is 103 cm³/mol. The lowest BCUT2D eigenvalue weighted by atomic mass is 10.2. The first-order valence-corrected chi connectivity index (χ1v) is 9.07. The molecule has 0 aliphatic heterocycles. The number of imidazole rings is 1. The number of nitrogens with zero attached hydrogens (tertiary/aromatic N) is 2. The number of hydrogen-bond donors (Lipinski definition) is 1. The number of aromatic nitrogens is 2. The predicted octanol–water partition coefficient (Wildman–Crippen LogP) is 3.49. The molecule has 0 fully saturated rings. The minimum Gasteiger partial charge on any atom is -0.484 e. The van der Waals surface area contributed by atoms with Crippen LogP contribution in [-0.4, -0.2) is 28.6 Å². The third-order valence-corrected chi connectivity index (χ3v) is 4.24. The molecule has 5 nitrogen and oxygen atoms in total. The monoisotopic (exact) mass is 351 g/mol. The molecule has 0 bridgehead atoms. The van der Waals surface area contributed by atoms with Gasteiger partial charge < -0.3 is 14.6 Å². The van der Waals surface area contributed by atoms with Gasteiger partial charge in [0.15, 0.2) is 6.61 Å². The van der Waals surface area contributed by atoms with Gasteiger partial charge in [-0.25, -0.2) is 4.98 Å². The molecule has 136 valence electrons. The first kappa shape index (κ1) is 18.0. The van der Waals surface area contributed by atoms with E-state index >= 15 is 0 Å². The summed E-state index contributed by atoms with van der Waals surface area (Å²) in [4.78, 5) is 16.7. The molecule has 1 N–H and O–H groups in total. The third-order valence-electron chi connectivity index (χ3n) is 4.24. The molecule has 0 radical (unpaired) electrons. The van der Waals surface area contributed by atoms with Crippen LogP contribution in [0.1, 0.15) is 24.7 Å². The number of carbonyl (C=O) groups is 1. The first-order valence-electron chi connectivity index (χ1n) is 9.07. The van der Waals surface area contributed by atoms with E-state index in [-0.39, 0.29) is 12.5 Å². The number of hydrogen-bond acceptors (Lipinski definition) is 3. The second-order valence-corrected chi connectivity index (χ2v) is 6.37. The number of benzene rings is 2. The van der Waals surface area contributed by atoms with E-state index in [1.807, 2.05) is 49.4 Å². The standard InChI is InChI=1S/C21H25N3O2/c1-3-14-24-19-7-5-4-6-18(19)23-20(24)12-13-22-21(25)15-26-17-10-8-16(2)9-11-17/h4-11H,3,12-15H2,1-2H3,(H,22,25). The molecule has 0 saturated carbocycles. The summed E-state index contributed by atoms with van der Waals surface area (Å²) in [6.45, 7) is 5.67. The minimum atomic E-state index is -0.122. The zero-order valence-electron chi connectivity index (χ0n) is 15.4. The maximum absolute atomic E-state index is 12.0. The summed E-state index contributed by atoms with van der Waals surface area (Å²) in [5.41, 5.74) is 3.32. The van der Waals surface area contributed by atoms with Crippen molar-refractivity contribution in [3.8, 4) is 5.75 Å². The highest BCUT2D eigenvalue weighted by Gasteiger charge is 2.10. The Labute approximate surface area is 154 Å². The van der Waals surface area contributed by atoms with Gasteiger partial charge in [-0.3, -0.25) is 4.79 Å². The van der Waals surface area contributed by atoms with Gasteiger partial charge in [0.05, 0.1) is 11.0 Å². The zero-order chi connectivity index (χ0) is 18.4. The number of carbonyl (C=O) groups excluding carboxylic acids is 1. The molecule has 2 aromatic carbocycles. The Morgan fingerprint density at radius 2 is 1.92 bits per heavy atom. The van der Waals surface area contributed by atoms with E-state index in [9.17, 15) is 4.79 Å². The number of aryl methyl sites for hydroxylation is 2. The van der Waals surface area contributed by atoms with Crippen molar-refractivity contribution in [3.63, 3.8) is 0 Å². The minimum absolute atomic E-state index is 0.0223. The fourth-order valence-corrected chi connectivity index (χ4v) is 2.94. The topological polar surface area (TPSA) is 56.2 Å². The van der Waals surface area contributed by atoms with E-state index in [1.165, 1.54) is 0 Å². The van der Waals surface area contributed by atoms with Crippen LogP contribution in [0.15, 0.2) is 48.5 Å². The number of nitrogens with one attached hydrogen (secondary N) is 1. The van der Waals surface area contributed by atoms with Crippen LogP contribution in [-0.2, 0) is 17.8 Å². The van der Waals surface area contributed by atoms with Gasteiger partial charge in [-0.15, -0.1) is 0 Å². The first-order chi connectivity index (χ1) is 12.7. The molecule has 0 unspecified atom stereocenters. The summed E-state index contributed by atoms with van der Waals surface area (Å²) >= 11 is 0. The summed E-state index contributed by atoms with van der Waals surface area (Å²) in [5, 5.41) is 2.91. The van der Waals surface area contributed by atoms with Crippen LogP contribution >= 0.6 is 0 Å². The van der Waals surface area contributed by atoms with E-state index in [0.29, 0.717) is 18.7 Å². The molecule has 0 saturated heterocycles. The Balaban J connectivity index is 1.52. The lowest BCUT2D eigenvalue weighted by Crippen LogP contribution is -2.31. The summed E-state index contributed by atoms with van der Waals surface area (Å²) in [6, 6.07) is 15.8. The van der Waals surface area contributed by atoms with Gasteiger partial charge >= 0.3 is 0 Å². The molecule has 0 spiro atoms. The van der Waals surface area contributed by atoms with Crippen molar-refractivity contribution >= 4 is 16.9 Å². The molecule has 3 aromatic rings. The van der Waals surface area contributed by atoms with Gasteiger partial charge in [0, 0.05) is 19.5 Å². The molecule has 3 rings (SSSR count). The Bertz CT molecular complexity index is 869. The van der Waals surface area contributed by atoms with Crippen molar-refractivity contribution in [2.45, 2.75) is 33.2 Å². The largest absolute Gasteiger partial charge is 0.484 e. The van der Waals surface area contributed by atoms with E-state index in [0.717, 1.165) is 35.4 Å². The number of fused-ring (bicyclic) bond motifs is 1. The fraction of sp³-hybridized carbons (Fsp3) is 0.333. The third kappa shape index (κ3) is 4.42. The number of para-hydroxylation sites is 2. The number of rotatable bonds is 8. The molecular weight excluding hydrogens is 326 g/mol. The second kappa shape index (κ2) is 8.52. The van der Waals surface area contributed by atoms with Crippen molar-refractivity contribution in [3.05, 3.63) is 59.9 Å². The van der Waals surface area contributed by atoms with Gasteiger partial charge in [-0.1, -0.05) is 36.8 Å². The van der Waals surface area contributed by atoms with Crippen molar-refractivity contribution in [2.24, 2.45) is 0 Å². The average molecular weight is 351 g/mol. The summed E-state index contributed by atoms with van der Waals surface area (Å²) < 4.78 is 7.74. The summed E-state index contributed by atoms with van der Waals surface area (Å²) in [5.74, 6) is 1.59. The Morgan fingerprint density at radius 1 is 1.15 bits per heavy atom. The van der Waals surface area contributed by atoms with Crippen LogP contribution in [0.3, 0.4) is 0 Å². The maximum atomic E-state index is 12.0. The quantitative estimate of drug-likeness (QED) is 0.676. The molecule has 1 amide bonds. The van der Waals surface area contributed by atoms with Crippen molar-refractivity contribution in [1.82, 2.24) is 14.9 Å². The second-order valence-electron chi connectivity index (χ2n) is 6.37. The summed E-state index contributed by atoms with van der Waals surface area (Å²) in [6.07, 6.45) is 1.75. The van der Waals surface area contributed by atoms with Crippen molar-refractivity contribution in [2.75, 3.05) is 13.2 Å². The molecule has 1 aromatic heterocycles. The van der Waals surface area contributed by atoms with Crippen molar-refractivity contribution < 1.29 is 9.53 Å². The Morgan fingerprint density at radius 3 is 2.69 bits per heavy atom. The van der Waals surface area contributed by atoms with E-state index < -0.39 is 0 Å². The van der Waals surface area contributed by atoms with Crippen LogP contribution in [0.4, 0.5) is 0 Å². The molecule has 0 aliphatic rings. The van der Waals surface area contributed by atoms with Gasteiger partial charge in [-0.05, 0) is 37.6 Å². The lowest BCUT2D eigenvalue weighted by Gasteiger charge is -2.09. The molecule has 5 heteroatoms. The van der Waals surface area contributed by atoms with Crippen LogP contribution in [0.2, 0.25) is 0 Å². The molecule has 1 heterocycles. The number of amides is 1. The van der Waals surface area contributed by atoms with Crippen LogP contribution in [0, 0.1) is 6.92 Å². The number of ether oxygens (including phenoxy) is 1. The Kier molecular flexibility index (Phi) is 5.89. The van der Waals surface area contributed by atoms with Crippen LogP contribution in [0.25, 0.3) is 11.0 Å². The fourth-order valence-electron chi connectivity index (χ4n) is 2.94. The highest BCUT2D eigenvalue weighted by molar-refractivity contribution is 5.77. The highest BCUT2D eigenvalue weighted by atomic mass is 16.5. The summed E-state index contributed by atoms with van der Waals surface area (Å²) in [7, 11) is 0. The molecule has 26 heavy (non-hydrogen) atoms. The zero-order valence-corrected chi connectivity index (χ0v) is 15.4. The van der Waals surface area contributed by atoms with Gasteiger partial charge in [0.1, 0.15) is 11.6 Å². The van der Waals surface area contributed by atoms with Crippen molar-refractivity contribution in [1.29, 1.82) is 0 Å².